The Hall–Kier alpha value is -3.15. The molecule has 2 N–H and O–H groups in total. The van der Waals surface area contributed by atoms with Gasteiger partial charge in [0.1, 0.15) is 6.54 Å². The zero-order valence-electron chi connectivity index (χ0n) is 19.1. The summed E-state index contributed by atoms with van der Waals surface area (Å²) in [5, 5.41) is 12.6. The molecule has 4 rings (SSSR count). The third-order valence-corrected chi connectivity index (χ3v) is 7.01. The van der Waals surface area contributed by atoms with E-state index in [-0.39, 0.29) is 24.9 Å². The number of rotatable bonds is 8. The number of amides is 2. The number of nitrogens with one attached hydrogen (secondary N) is 2. The SMILES string of the molecule is CCn1c(CNC(=O)c2ccccc2C)nn(CC(=O)Nc2nc(-c3ccc(Br)cc3)cs2)c1=S. The molecule has 180 valence electrons. The summed E-state index contributed by atoms with van der Waals surface area (Å²) in [6.45, 7) is 4.53. The highest BCUT2D eigenvalue weighted by molar-refractivity contribution is 9.10. The number of thiazole rings is 1. The van der Waals surface area contributed by atoms with Crippen molar-refractivity contribution >= 4 is 56.4 Å². The second-order valence-electron chi connectivity index (χ2n) is 7.69. The molecule has 35 heavy (non-hydrogen) atoms. The number of hydrogen-bond acceptors (Lipinski definition) is 6. The molecular weight excluding hydrogens is 548 g/mol. The number of anilines is 1. The quantitative estimate of drug-likeness (QED) is 0.284. The number of carbonyl (C=O) groups is 2. The van der Waals surface area contributed by atoms with E-state index in [9.17, 15) is 9.59 Å². The van der Waals surface area contributed by atoms with E-state index in [4.69, 9.17) is 12.2 Å². The van der Waals surface area contributed by atoms with Crippen LogP contribution in [0.2, 0.25) is 0 Å². The molecular formula is C24H23BrN6O2S2. The summed E-state index contributed by atoms with van der Waals surface area (Å²) in [7, 11) is 0. The van der Waals surface area contributed by atoms with E-state index >= 15 is 0 Å². The highest BCUT2D eigenvalue weighted by Gasteiger charge is 2.16. The Morgan fingerprint density at radius 1 is 1.14 bits per heavy atom. The number of hydrogen-bond donors (Lipinski definition) is 2. The van der Waals surface area contributed by atoms with E-state index < -0.39 is 0 Å². The molecule has 0 saturated carbocycles. The number of aryl methyl sites for hydroxylation is 1. The average Bonchev–Trinajstić information content (AvgIpc) is 3.42. The van der Waals surface area contributed by atoms with E-state index in [1.54, 1.807) is 10.6 Å². The Morgan fingerprint density at radius 3 is 2.60 bits per heavy atom. The van der Waals surface area contributed by atoms with Crippen molar-refractivity contribution in [3.63, 3.8) is 0 Å². The highest BCUT2D eigenvalue weighted by Crippen LogP contribution is 2.26. The van der Waals surface area contributed by atoms with Gasteiger partial charge in [0.05, 0.1) is 12.2 Å². The van der Waals surface area contributed by atoms with Gasteiger partial charge in [-0.1, -0.05) is 46.3 Å². The second kappa shape index (κ2) is 11.1. The van der Waals surface area contributed by atoms with Gasteiger partial charge in [0.15, 0.2) is 15.7 Å². The van der Waals surface area contributed by atoms with E-state index in [1.807, 2.05) is 61.7 Å². The van der Waals surface area contributed by atoms with Crippen molar-refractivity contribution in [2.24, 2.45) is 0 Å². The zero-order valence-corrected chi connectivity index (χ0v) is 22.3. The number of nitrogens with zero attached hydrogens (tertiary/aromatic N) is 4. The minimum absolute atomic E-state index is 0.0578. The number of halogens is 1. The maximum Gasteiger partial charge on any atom is 0.251 e. The molecule has 0 fully saturated rings. The summed E-state index contributed by atoms with van der Waals surface area (Å²) in [5.41, 5.74) is 3.26. The lowest BCUT2D eigenvalue weighted by molar-refractivity contribution is -0.116. The molecule has 0 spiro atoms. The van der Waals surface area contributed by atoms with Crippen molar-refractivity contribution in [2.75, 3.05) is 5.32 Å². The normalized spacial score (nSPS) is 10.8. The van der Waals surface area contributed by atoms with Gasteiger partial charge in [0.25, 0.3) is 5.91 Å². The third-order valence-electron chi connectivity index (χ3n) is 5.30. The van der Waals surface area contributed by atoms with Gasteiger partial charge >= 0.3 is 0 Å². The van der Waals surface area contributed by atoms with Crippen LogP contribution in [-0.4, -0.2) is 31.1 Å². The summed E-state index contributed by atoms with van der Waals surface area (Å²) in [4.78, 5) is 29.8. The fourth-order valence-electron chi connectivity index (χ4n) is 3.50. The van der Waals surface area contributed by atoms with Gasteiger partial charge in [0, 0.05) is 27.5 Å². The third kappa shape index (κ3) is 5.92. The van der Waals surface area contributed by atoms with Crippen LogP contribution in [0.25, 0.3) is 11.3 Å². The summed E-state index contributed by atoms with van der Waals surface area (Å²) in [6.07, 6.45) is 0. The van der Waals surface area contributed by atoms with Crippen molar-refractivity contribution in [1.82, 2.24) is 24.6 Å². The highest BCUT2D eigenvalue weighted by atomic mass is 79.9. The maximum absolute atomic E-state index is 12.7. The second-order valence-corrected chi connectivity index (χ2v) is 9.83. The fraction of sp³-hybridized carbons (Fsp3) is 0.208. The first-order chi connectivity index (χ1) is 16.9. The molecule has 0 saturated heterocycles. The predicted octanol–water partition coefficient (Wildman–Crippen LogP) is 5.20. The van der Waals surface area contributed by atoms with Gasteiger partial charge in [0.2, 0.25) is 5.91 Å². The van der Waals surface area contributed by atoms with Crippen molar-refractivity contribution in [3.8, 4) is 11.3 Å². The van der Waals surface area contributed by atoms with Crippen LogP contribution in [0, 0.1) is 11.7 Å². The van der Waals surface area contributed by atoms with E-state index in [1.165, 1.54) is 16.0 Å². The summed E-state index contributed by atoms with van der Waals surface area (Å²) in [5.74, 6) is 0.113. The largest absolute Gasteiger partial charge is 0.345 e. The van der Waals surface area contributed by atoms with E-state index in [2.05, 4.69) is 36.6 Å². The van der Waals surface area contributed by atoms with E-state index in [0.717, 1.165) is 21.3 Å². The van der Waals surface area contributed by atoms with Gasteiger partial charge in [-0.3, -0.25) is 9.59 Å². The molecule has 8 nitrogen and oxygen atoms in total. The van der Waals surface area contributed by atoms with Gasteiger partial charge < -0.3 is 15.2 Å². The standard InChI is InChI=1S/C24H23BrN6O2S2/c1-3-30-20(12-26-22(33)18-7-5-4-6-15(18)2)29-31(24(30)34)13-21(32)28-23-27-19(14-35-23)16-8-10-17(25)11-9-16/h4-11,14H,3,12-13H2,1-2H3,(H,26,33)(H,27,28,32). The molecule has 2 aromatic heterocycles. The monoisotopic (exact) mass is 570 g/mol. The van der Waals surface area contributed by atoms with Crippen LogP contribution in [0.3, 0.4) is 0 Å². The lowest BCUT2D eigenvalue weighted by Gasteiger charge is -2.07. The van der Waals surface area contributed by atoms with Gasteiger partial charge in [-0.05, 0) is 49.8 Å². The van der Waals surface area contributed by atoms with Crippen LogP contribution in [0.1, 0.15) is 28.7 Å². The van der Waals surface area contributed by atoms with Gasteiger partial charge in [-0.25, -0.2) is 9.67 Å². The molecule has 0 radical (unpaired) electrons. The summed E-state index contributed by atoms with van der Waals surface area (Å²) < 4.78 is 4.67. The topological polar surface area (TPSA) is 93.8 Å². The van der Waals surface area contributed by atoms with Crippen LogP contribution in [0.5, 0.6) is 0 Å². The number of aromatic nitrogens is 4. The Morgan fingerprint density at radius 2 is 1.89 bits per heavy atom. The maximum atomic E-state index is 12.7. The minimum Gasteiger partial charge on any atom is -0.345 e. The number of benzene rings is 2. The summed E-state index contributed by atoms with van der Waals surface area (Å²) >= 11 is 10.3. The molecule has 2 amide bonds. The lowest BCUT2D eigenvalue weighted by atomic mass is 10.1. The van der Waals surface area contributed by atoms with Gasteiger partial charge in [-0.15, -0.1) is 11.3 Å². The minimum atomic E-state index is -0.283. The zero-order chi connectivity index (χ0) is 24.9. The van der Waals surface area contributed by atoms with Crippen LogP contribution >= 0.6 is 39.5 Å². The molecule has 0 atom stereocenters. The molecule has 11 heteroatoms. The molecule has 2 heterocycles. The van der Waals surface area contributed by atoms with Crippen molar-refractivity contribution in [1.29, 1.82) is 0 Å². The molecule has 4 aromatic rings. The molecule has 2 aromatic carbocycles. The Labute approximate surface area is 220 Å². The first-order valence-electron chi connectivity index (χ1n) is 10.9. The average molecular weight is 572 g/mol. The van der Waals surface area contributed by atoms with Crippen LogP contribution in [0.4, 0.5) is 5.13 Å². The fourth-order valence-corrected chi connectivity index (χ4v) is 4.84. The summed E-state index contributed by atoms with van der Waals surface area (Å²) in [6, 6.07) is 15.2. The molecule has 0 bridgehead atoms. The Kier molecular flexibility index (Phi) is 7.89. The predicted molar refractivity (Wildman–Crippen MR) is 143 cm³/mol. The Bertz CT molecular complexity index is 1420. The first-order valence-corrected chi connectivity index (χ1v) is 13.0. The van der Waals surface area contributed by atoms with Crippen molar-refractivity contribution in [2.45, 2.75) is 33.5 Å². The molecule has 0 unspecified atom stereocenters. The molecule has 0 aliphatic carbocycles. The van der Waals surface area contributed by atoms with Crippen LogP contribution < -0.4 is 10.6 Å². The Balaban J connectivity index is 1.42. The van der Waals surface area contributed by atoms with Crippen molar-refractivity contribution < 1.29 is 9.59 Å². The number of carbonyl (C=O) groups excluding carboxylic acids is 2. The van der Waals surface area contributed by atoms with Gasteiger partial charge in [-0.2, -0.15) is 5.10 Å². The smallest absolute Gasteiger partial charge is 0.251 e. The van der Waals surface area contributed by atoms with Crippen LogP contribution in [0.15, 0.2) is 58.4 Å². The molecule has 0 aliphatic rings. The van der Waals surface area contributed by atoms with Crippen LogP contribution in [-0.2, 0) is 24.4 Å². The van der Waals surface area contributed by atoms with E-state index in [0.29, 0.717) is 27.8 Å². The van der Waals surface area contributed by atoms with Crippen molar-refractivity contribution in [3.05, 3.63) is 80.1 Å². The first kappa shape index (κ1) is 25.0. The molecule has 0 aliphatic heterocycles. The lowest BCUT2D eigenvalue weighted by Crippen LogP contribution is -2.25.